The molecule has 3 nitrogen and oxygen atoms in total. The van der Waals surface area contributed by atoms with Crippen LogP contribution in [0, 0.1) is 11.3 Å². The summed E-state index contributed by atoms with van der Waals surface area (Å²) in [6.07, 6.45) is 6.26. The van der Waals surface area contributed by atoms with Gasteiger partial charge in [0.2, 0.25) is 9.84 Å². The van der Waals surface area contributed by atoms with Crippen molar-refractivity contribution in [1.29, 1.82) is 5.26 Å². The minimum atomic E-state index is -3.49. The van der Waals surface area contributed by atoms with Gasteiger partial charge in [-0.25, -0.2) is 8.42 Å². The van der Waals surface area contributed by atoms with Crippen LogP contribution in [0.4, 0.5) is 0 Å². The molecule has 0 saturated carbocycles. The van der Waals surface area contributed by atoms with Crippen LogP contribution in [0.5, 0.6) is 0 Å². The number of hydrogen-bond donors (Lipinski definition) is 0. The number of nitrogens with zero attached hydrogens (tertiary/aromatic N) is 1. The molecule has 0 spiro atoms. The molecule has 23 heavy (non-hydrogen) atoms. The second-order valence-corrected chi connectivity index (χ2v) is 7.59. The molecule has 1 atom stereocenters. The lowest BCUT2D eigenvalue weighted by atomic mass is 9.84. The Morgan fingerprint density at radius 1 is 1.09 bits per heavy atom. The average Bonchev–Trinajstić information content (AvgIpc) is 2.60. The lowest BCUT2D eigenvalue weighted by molar-refractivity contribution is 0.595. The minimum Gasteiger partial charge on any atom is -0.219 e. The molecular weight excluding hydrogens is 306 g/mol. The highest BCUT2D eigenvalue weighted by Crippen LogP contribution is 2.35. The van der Waals surface area contributed by atoms with Crippen LogP contribution >= 0.6 is 0 Å². The lowest BCUT2D eigenvalue weighted by Crippen LogP contribution is -2.07. The summed E-state index contributed by atoms with van der Waals surface area (Å²) in [6.45, 7) is 0. The molecule has 4 heteroatoms. The molecule has 0 aromatic heterocycles. The molecule has 0 bridgehead atoms. The van der Waals surface area contributed by atoms with Crippen molar-refractivity contribution in [2.24, 2.45) is 0 Å². The Balaban J connectivity index is 1.99. The Morgan fingerprint density at radius 3 is 2.61 bits per heavy atom. The largest absolute Gasteiger partial charge is 0.219 e. The number of rotatable bonds is 4. The molecule has 1 aliphatic rings. The number of benzene rings is 2. The first-order chi connectivity index (χ1) is 11.1. The summed E-state index contributed by atoms with van der Waals surface area (Å²) in [5, 5.41) is 8.77. The van der Waals surface area contributed by atoms with Crippen LogP contribution in [0.1, 0.15) is 36.3 Å². The Labute approximate surface area is 136 Å². The predicted molar refractivity (Wildman–Crippen MR) is 89.6 cm³/mol. The monoisotopic (exact) mass is 323 g/mol. The van der Waals surface area contributed by atoms with Crippen LogP contribution in [-0.2, 0) is 9.84 Å². The highest BCUT2D eigenvalue weighted by molar-refractivity contribution is 7.91. The summed E-state index contributed by atoms with van der Waals surface area (Å²) in [7, 11) is -3.49. The fourth-order valence-corrected chi connectivity index (χ4v) is 4.29. The van der Waals surface area contributed by atoms with Crippen LogP contribution in [0.25, 0.3) is 6.08 Å². The summed E-state index contributed by atoms with van der Waals surface area (Å²) in [5.41, 5.74) is 2.07. The molecular formula is C19H17NO2S. The third-order valence-corrected chi connectivity index (χ3v) is 5.95. The maximum Gasteiger partial charge on any atom is 0.206 e. The molecule has 116 valence electrons. The number of fused-ring (bicyclic) bond motifs is 1. The van der Waals surface area contributed by atoms with Crippen LogP contribution in [0.3, 0.4) is 0 Å². The van der Waals surface area contributed by atoms with E-state index in [1.807, 2.05) is 12.1 Å². The minimum absolute atomic E-state index is 0.295. The van der Waals surface area contributed by atoms with Crippen molar-refractivity contribution in [3.05, 3.63) is 65.7 Å². The van der Waals surface area contributed by atoms with E-state index in [4.69, 9.17) is 5.26 Å². The topological polar surface area (TPSA) is 57.9 Å². The second-order valence-electron chi connectivity index (χ2n) is 5.64. The van der Waals surface area contributed by atoms with Crippen molar-refractivity contribution in [1.82, 2.24) is 0 Å². The summed E-state index contributed by atoms with van der Waals surface area (Å²) in [4.78, 5) is 0.619. The number of hydrogen-bond acceptors (Lipinski definition) is 3. The summed E-state index contributed by atoms with van der Waals surface area (Å²) in [5.74, 6) is 0.295. The van der Waals surface area contributed by atoms with E-state index in [0.717, 1.165) is 24.0 Å². The van der Waals surface area contributed by atoms with E-state index >= 15 is 0 Å². The van der Waals surface area contributed by atoms with Gasteiger partial charge in [0, 0.05) is 6.42 Å². The Bertz CT molecular complexity index is 877. The Morgan fingerprint density at radius 2 is 1.87 bits per heavy atom. The summed E-state index contributed by atoms with van der Waals surface area (Å²) >= 11 is 0. The van der Waals surface area contributed by atoms with Crippen LogP contribution in [0.15, 0.2) is 64.4 Å². The normalized spacial score (nSPS) is 16.6. The molecule has 2 aromatic rings. The maximum atomic E-state index is 12.7. The lowest BCUT2D eigenvalue weighted by Gasteiger charge is -2.21. The van der Waals surface area contributed by atoms with Crippen molar-refractivity contribution in [2.75, 3.05) is 0 Å². The first-order valence-electron chi connectivity index (χ1n) is 7.60. The molecule has 0 heterocycles. The van der Waals surface area contributed by atoms with E-state index in [1.54, 1.807) is 42.5 Å². The first-order valence-corrected chi connectivity index (χ1v) is 9.09. The van der Waals surface area contributed by atoms with Gasteiger partial charge in [-0.1, -0.05) is 36.4 Å². The summed E-state index contributed by atoms with van der Waals surface area (Å²) < 4.78 is 25.4. The van der Waals surface area contributed by atoms with Gasteiger partial charge in [-0.05, 0) is 54.2 Å². The van der Waals surface area contributed by atoms with E-state index in [-0.39, 0.29) is 0 Å². The van der Waals surface area contributed by atoms with Crippen molar-refractivity contribution in [2.45, 2.75) is 35.0 Å². The maximum absolute atomic E-state index is 12.7. The van der Waals surface area contributed by atoms with E-state index in [2.05, 4.69) is 12.1 Å². The highest BCUT2D eigenvalue weighted by Gasteiger charge is 2.22. The second kappa shape index (κ2) is 6.39. The SMILES string of the molecule is N#CCCC1CC=Cc2cc(S(=O)(=O)c3ccccc3)ccc21. The van der Waals surface area contributed by atoms with Gasteiger partial charge < -0.3 is 0 Å². The molecule has 3 rings (SSSR count). The molecule has 0 radical (unpaired) electrons. The molecule has 0 fully saturated rings. The van der Waals surface area contributed by atoms with E-state index in [1.165, 1.54) is 0 Å². The quantitative estimate of drug-likeness (QED) is 0.841. The van der Waals surface area contributed by atoms with Gasteiger partial charge >= 0.3 is 0 Å². The molecule has 1 unspecified atom stereocenters. The van der Waals surface area contributed by atoms with Crippen molar-refractivity contribution >= 4 is 15.9 Å². The fraction of sp³-hybridized carbons (Fsp3) is 0.211. The van der Waals surface area contributed by atoms with Crippen LogP contribution in [0.2, 0.25) is 0 Å². The molecule has 0 amide bonds. The summed E-state index contributed by atoms with van der Waals surface area (Å²) in [6, 6.07) is 16.0. The first kappa shape index (κ1) is 15.5. The van der Waals surface area contributed by atoms with Gasteiger partial charge in [0.25, 0.3) is 0 Å². The fourth-order valence-electron chi connectivity index (χ4n) is 2.97. The van der Waals surface area contributed by atoms with Gasteiger partial charge in [-0.2, -0.15) is 5.26 Å². The third kappa shape index (κ3) is 3.06. The third-order valence-electron chi connectivity index (χ3n) is 4.18. The zero-order valence-corrected chi connectivity index (χ0v) is 13.5. The molecule has 2 aromatic carbocycles. The number of sulfone groups is 1. The Hall–Kier alpha value is -2.38. The highest BCUT2D eigenvalue weighted by atomic mass is 32.2. The zero-order valence-electron chi connectivity index (χ0n) is 12.6. The molecule has 0 N–H and O–H groups in total. The van der Waals surface area contributed by atoms with Gasteiger partial charge in [0.1, 0.15) is 0 Å². The van der Waals surface area contributed by atoms with Gasteiger partial charge in [-0.15, -0.1) is 0 Å². The zero-order chi connectivity index (χ0) is 16.3. The molecule has 0 aliphatic heterocycles. The van der Waals surface area contributed by atoms with Crippen molar-refractivity contribution in [3.8, 4) is 6.07 Å². The standard InChI is InChI=1S/C19H17NO2S/c20-13-5-8-15-6-4-7-16-14-18(11-12-19(15)16)23(21,22)17-9-2-1-3-10-17/h1-4,7,9-12,14-15H,5-6,8H2. The molecule has 0 saturated heterocycles. The Kier molecular flexibility index (Phi) is 4.31. The van der Waals surface area contributed by atoms with Gasteiger partial charge in [-0.3, -0.25) is 0 Å². The molecule has 1 aliphatic carbocycles. The predicted octanol–water partition coefficient (Wildman–Crippen LogP) is 4.32. The van der Waals surface area contributed by atoms with Gasteiger partial charge in [0.05, 0.1) is 15.9 Å². The number of nitriles is 1. The van der Waals surface area contributed by atoms with E-state index in [9.17, 15) is 8.42 Å². The van der Waals surface area contributed by atoms with Gasteiger partial charge in [0.15, 0.2) is 0 Å². The van der Waals surface area contributed by atoms with Crippen molar-refractivity contribution in [3.63, 3.8) is 0 Å². The number of allylic oxidation sites excluding steroid dienone is 1. The van der Waals surface area contributed by atoms with E-state index < -0.39 is 9.84 Å². The van der Waals surface area contributed by atoms with Crippen LogP contribution < -0.4 is 0 Å². The van der Waals surface area contributed by atoms with E-state index in [0.29, 0.717) is 22.1 Å². The van der Waals surface area contributed by atoms with Crippen LogP contribution in [-0.4, -0.2) is 8.42 Å². The smallest absolute Gasteiger partial charge is 0.206 e. The average molecular weight is 323 g/mol. The van der Waals surface area contributed by atoms with Crippen molar-refractivity contribution < 1.29 is 8.42 Å².